The average molecular weight is 268 g/mol. The molecule has 1 aromatic rings. The summed E-state index contributed by atoms with van der Waals surface area (Å²) in [6.45, 7) is 3.98. The highest BCUT2D eigenvalue weighted by Gasteiger charge is 2.08. The summed E-state index contributed by atoms with van der Waals surface area (Å²) in [6.07, 6.45) is 6.26. The van der Waals surface area contributed by atoms with Gasteiger partial charge in [-0.25, -0.2) is 4.98 Å². The topological polar surface area (TPSA) is 82.3 Å². The minimum absolute atomic E-state index is 0.406. The van der Waals surface area contributed by atoms with Gasteiger partial charge in [0, 0.05) is 13.7 Å². The second-order valence-corrected chi connectivity index (χ2v) is 4.27. The zero-order chi connectivity index (χ0) is 13.9. The number of aromatic nitrogens is 2. The van der Waals surface area contributed by atoms with Crippen LogP contribution >= 0.6 is 0 Å². The standard InChI is InChI=1S/C13H24N4O2/c1-3-4-5-6-7-15-12-11(14)13(17-10-16-12)19-9-8-18-2/h10H,3-9,14H2,1-2H3,(H,15,16,17). The Kier molecular flexibility index (Phi) is 7.65. The van der Waals surface area contributed by atoms with E-state index in [4.69, 9.17) is 15.2 Å². The van der Waals surface area contributed by atoms with E-state index in [1.54, 1.807) is 7.11 Å². The van der Waals surface area contributed by atoms with Crippen LogP contribution in [0.1, 0.15) is 32.6 Å². The van der Waals surface area contributed by atoms with E-state index < -0.39 is 0 Å². The molecule has 0 spiro atoms. The summed E-state index contributed by atoms with van der Waals surface area (Å²) in [5.41, 5.74) is 6.41. The first-order chi connectivity index (χ1) is 9.29. The molecule has 0 aliphatic heterocycles. The van der Waals surface area contributed by atoms with Gasteiger partial charge in [0.1, 0.15) is 18.6 Å². The minimum Gasteiger partial charge on any atom is -0.474 e. The van der Waals surface area contributed by atoms with E-state index in [1.165, 1.54) is 25.6 Å². The lowest BCUT2D eigenvalue weighted by atomic mass is 10.2. The van der Waals surface area contributed by atoms with Gasteiger partial charge in [-0.1, -0.05) is 26.2 Å². The van der Waals surface area contributed by atoms with E-state index in [0.29, 0.717) is 30.6 Å². The van der Waals surface area contributed by atoms with Gasteiger partial charge >= 0.3 is 0 Å². The van der Waals surface area contributed by atoms with Gasteiger partial charge in [0.05, 0.1) is 6.61 Å². The number of unbranched alkanes of at least 4 members (excludes halogenated alkanes) is 3. The molecule has 0 unspecified atom stereocenters. The molecule has 108 valence electrons. The first-order valence-corrected chi connectivity index (χ1v) is 6.75. The monoisotopic (exact) mass is 268 g/mol. The number of nitrogens with one attached hydrogen (secondary N) is 1. The van der Waals surface area contributed by atoms with Gasteiger partial charge < -0.3 is 20.5 Å². The van der Waals surface area contributed by atoms with Crippen LogP contribution in [0.4, 0.5) is 11.5 Å². The van der Waals surface area contributed by atoms with Crippen LogP contribution in [-0.2, 0) is 4.74 Å². The number of ether oxygens (including phenoxy) is 2. The third-order valence-electron chi connectivity index (χ3n) is 2.70. The van der Waals surface area contributed by atoms with E-state index in [0.717, 1.165) is 13.0 Å². The Morgan fingerprint density at radius 1 is 1.21 bits per heavy atom. The summed E-state index contributed by atoms with van der Waals surface area (Å²) in [4.78, 5) is 8.14. The van der Waals surface area contributed by atoms with Crippen molar-refractivity contribution >= 4 is 11.5 Å². The summed E-state index contributed by atoms with van der Waals surface area (Å²) in [5.74, 6) is 1.04. The van der Waals surface area contributed by atoms with Gasteiger partial charge in [-0.2, -0.15) is 4.98 Å². The molecular formula is C13H24N4O2. The van der Waals surface area contributed by atoms with Gasteiger partial charge in [-0.05, 0) is 6.42 Å². The Morgan fingerprint density at radius 2 is 2.05 bits per heavy atom. The molecule has 6 nitrogen and oxygen atoms in total. The maximum Gasteiger partial charge on any atom is 0.242 e. The van der Waals surface area contributed by atoms with Crippen molar-refractivity contribution in [3.05, 3.63) is 6.33 Å². The predicted octanol–water partition coefficient (Wildman–Crippen LogP) is 2.08. The highest BCUT2D eigenvalue weighted by molar-refractivity contribution is 5.66. The summed E-state index contributed by atoms with van der Waals surface area (Å²) >= 11 is 0. The van der Waals surface area contributed by atoms with E-state index in [1.807, 2.05) is 0 Å². The van der Waals surface area contributed by atoms with Gasteiger partial charge in [0.15, 0.2) is 5.82 Å². The Hall–Kier alpha value is -1.56. The second-order valence-electron chi connectivity index (χ2n) is 4.27. The number of hydrogen-bond donors (Lipinski definition) is 2. The number of hydrogen-bond acceptors (Lipinski definition) is 6. The van der Waals surface area contributed by atoms with Gasteiger partial charge in [0.25, 0.3) is 0 Å². The summed E-state index contributed by atoms with van der Waals surface area (Å²) in [7, 11) is 1.62. The third kappa shape index (κ3) is 5.74. The molecule has 0 aliphatic carbocycles. The van der Waals surface area contributed by atoms with Crippen molar-refractivity contribution in [2.24, 2.45) is 0 Å². The number of nitrogens with two attached hydrogens (primary N) is 1. The Balaban J connectivity index is 2.42. The maximum absolute atomic E-state index is 5.95. The maximum atomic E-state index is 5.95. The van der Waals surface area contributed by atoms with Crippen molar-refractivity contribution in [2.45, 2.75) is 32.6 Å². The lowest BCUT2D eigenvalue weighted by Gasteiger charge is -2.11. The molecule has 19 heavy (non-hydrogen) atoms. The van der Waals surface area contributed by atoms with E-state index >= 15 is 0 Å². The number of nitrogen functional groups attached to an aromatic ring is 1. The molecule has 1 rings (SSSR count). The molecule has 0 fully saturated rings. The number of nitrogens with zero attached hydrogens (tertiary/aromatic N) is 2. The lowest BCUT2D eigenvalue weighted by Crippen LogP contribution is -2.11. The minimum atomic E-state index is 0.406. The molecule has 6 heteroatoms. The largest absolute Gasteiger partial charge is 0.474 e. The van der Waals surface area contributed by atoms with Crippen molar-refractivity contribution < 1.29 is 9.47 Å². The number of rotatable bonds is 10. The predicted molar refractivity (Wildman–Crippen MR) is 76.4 cm³/mol. The Bertz CT molecular complexity index is 360. The van der Waals surface area contributed by atoms with Crippen LogP contribution in [0.5, 0.6) is 5.88 Å². The first kappa shape index (κ1) is 15.5. The van der Waals surface area contributed by atoms with E-state index in [9.17, 15) is 0 Å². The quantitative estimate of drug-likeness (QED) is 0.632. The fourth-order valence-corrected chi connectivity index (χ4v) is 1.62. The van der Waals surface area contributed by atoms with Crippen molar-refractivity contribution in [3.8, 4) is 5.88 Å². The molecule has 0 radical (unpaired) electrons. The highest BCUT2D eigenvalue weighted by atomic mass is 16.5. The number of methoxy groups -OCH3 is 1. The fourth-order valence-electron chi connectivity index (χ4n) is 1.62. The summed E-state index contributed by atoms with van der Waals surface area (Å²) < 4.78 is 10.3. The van der Waals surface area contributed by atoms with Crippen molar-refractivity contribution in [1.82, 2.24) is 9.97 Å². The van der Waals surface area contributed by atoms with Crippen molar-refractivity contribution in [3.63, 3.8) is 0 Å². The lowest BCUT2D eigenvalue weighted by molar-refractivity contribution is 0.144. The summed E-state index contributed by atoms with van der Waals surface area (Å²) in [5, 5.41) is 3.22. The normalized spacial score (nSPS) is 10.4. The Morgan fingerprint density at radius 3 is 2.79 bits per heavy atom. The SMILES string of the molecule is CCCCCCNc1ncnc(OCCOC)c1N. The molecule has 0 aliphatic rings. The molecule has 0 atom stereocenters. The van der Waals surface area contributed by atoms with Crippen LogP contribution in [-0.4, -0.2) is 36.8 Å². The third-order valence-corrected chi connectivity index (χ3v) is 2.70. The number of anilines is 2. The van der Waals surface area contributed by atoms with Crippen LogP contribution in [0.25, 0.3) is 0 Å². The Labute approximate surface area is 114 Å². The van der Waals surface area contributed by atoms with Crippen LogP contribution < -0.4 is 15.8 Å². The molecule has 0 amide bonds. The summed E-state index contributed by atoms with van der Waals surface area (Å²) in [6, 6.07) is 0. The smallest absolute Gasteiger partial charge is 0.242 e. The van der Waals surface area contributed by atoms with Crippen LogP contribution in [0.15, 0.2) is 6.33 Å². The van der Waals surface area contributed by atoms with Crippen LogP contribution in [0.3, 0.4) is 0 Å². The van der Waals surface area contributed by atoms with Crippen LogP contribution in [0.2, 0.25) is 0 Å². The molecule has 1 aromatic heterocycles. The zero-order valence-corrected chi connectivity index (χ0v) is 11.8. The first-order valence-electron chi connectivity index (χ1n) is 6.75. The van der Waals surface area contributed by atoms with Crippen molar-refractivity contribution in [2.75, 3.05) is 37.9 Å². The molecule has 3 N–H and O–H groups in total. The van der Waals surface area contributed by atoms with Crippen molar-refractivity contribution in [1.29, 1.82) is 0 Å². The average Bonchev–Trinajstić information content (AvgIpc) is 2.42. The van der Waals surface area contributed by atoms with Gasteiger partial charge in [0.2, 0.25) is 5.88 Å². The van der Waals surface area contributed by atoms with E-state index in [2.05, 4.69) is 22.2 Å². The van der Waals surface area contributed by atoms with E-state index in [-0.39, 0.29) is 0 Å². The molecule has 0 bridgehead atoms. The molecule has 0 aromatic carbocycles. The molecular weight excluding hydrogens is 244 g/mol. The molecule has 1 heterocycles. The van der Waals surface area contributed by atoms with Gasteiger partial charge in [-0.3, -0.25) is 0 Å². The molecule has 0 saturated carbocycles. The fraction of sp³-hybridized carbons (Fsp3) is 0.692. The highest BCUT2D eigenvalue weighted by Crippen LogP contribution is 2.24. The van der Waals surface area contributed by atoms with Gasteiger partial charge in [-0.15, -0.1) is 0 Å². The second kappa shape index (κ2) is 9.38. The molecule has 0 saturated heterocycles. The van der Waals surface area contributed by atoms with Crippen LogP contribution in [0, 0.1) is 0 Å². The zero-order valence-electron chi connectivity index (χ0n) is 11.8.